The van der Waals surface area contributed by atoms with Crippen molar-refractivity contribution in [1.82, 2.24) is 0 Å². The van der Waals surface area contributed by atoms with Crippen molar-refractivity contribution >= 4 is 0 Å². The summed E-state index contributed by atoms with van der Waals surface area (Å²) in [5.74, 6) is 0. The molecule has 158 valence electrons. The maximum absolute atomic E-state index is 13.1. The van der Waals surface area contributed by atoms with E-state index in [-0.39, 0.29) is 0 Å². The highest BCUT2D eigenvalue weighted by Gasteiger charge is 2.64. The van der Waals surface area contributed by atoms with Crippen LogP contribution in [0.25, 0.3) is 0 Å². The summed E-state index contributed by atoms with van der Waals surface area (Å²) >= 11 is 0. The lowest BCUT2D eigenvalue weighted by Gasteiger charge is -2.54. The summed E-state index contributed by atoms with van der Waals surface area (Å²) in [7, 11) is 0. The van der Waals surface area contributed by atoms with Gasteiger partial charge in [-0.15, -0.1) is 0 Å². The summed E-state index contributed by atoms with van der Waals surface area (Å²) < 4.78 is 88.8. The molecule has 0 saturated carbocycles. The number of ether oxygens (including phenoxy) is 2. The Hall–Kier alpha value is -1.28. The van der Waals surface area contributed by atoms with Crippen LogP contribution in [0.5, 0.6) is 0 Å². The predicted octanol–water partition coefficient (Wildman–Crippen LogP) is 6.36. The monoisotopic (exact) mass is 410 g/mol. The van der Waals surface area contributed by atoms with Crippen LogP contribution in [0.2, 0.25) is 0 Å². The van der Waals surface area contributed by atoms with Crippen LogP contribution in [0.4, 0.5) is 26.3 Å². The molecule has 0 aromatic heterocycles. The van der Waals surface area contributed by atoms with E-state index in [1.807, 2.05) is 0 Å². The smallest absolute Gasteiger partial charge is 0.359 e. The van der Waals surface area contributed by atoms with E-state index in [1.54, 1.807) is 26.0 Å². The van der Waals surface area contributed by atoms with E-state index in [0.717, 1.165) is 0 Å². The van der Waals surface area contributed by atoms with E-state index in [2.05, 4.69) is 0 Å². The zero-order chi connectivity index (χ0) is 21.4. The maximum atomic E-state index is 13.1. The van der Waals surface area contributed by atoms with Crippen molar-refractivity contribution in [3.63, 3.8) is 0 Å². The van der Waals surface area contributed by atoms with Gasteiger partial charge in [0.25, 0.3) is 0 Å². The van der Waals surface area contributed by atoms with Gasteiger partial charge in [0.15, 0.2) is 12.2 Å². The summed E-state index contributed by atoms with van der Waals surface area (Å²) in [5.41, 5.74) is 0.325. The minimum atomic E-state index is -4.45. The van der Waals surface area contributed by atoms with Crippen molar-refractivity contribution in [1.29, 1.82) is 0 Å². The fourth-order valence-corrected chi connectivity index (χ4v) is 4.48. The molecule has 1 aromatic carbocycles. The third-order valence-electron chi connectivity index (χ3n) is 6.06. The zero-order valence-corrected chi connectivity index (χ0v) is 16.5. The average molecular weight is 410 g/mol. The standard InChI is InChI=1S/C20H24F6O2/c1-9-7-12(14-18(5,6)16(28-14)20(24,25)26)10(2)8-11(9)13-17(3,4)15(27-13)19(21,22)23/h7-8,13-16H,1-6H3. The number of halogens is 6. The van der Waals surface area contributed by atoms with Gasteiger partial charge in [-0.3, -0.25) is 0 Å². The van der Waals surface area contributed by atoms with Gasteiger partial charge in [-0.1, -0.05) is 39.8 Å². The molecule has 1 aromatic rings. The number of aryl methyl sites for hydroxylation is 2. The first-order valence-corrected chi connectivity index (χ1v) is 9.04. The summed E-state index contributed by atoms with van der Waals surface area (Å²) in [5, 5.41) is 0. The summed E-state index contributed by atoms with van der Waals surface area (Å²) in [6.07, 6.45) is -14.0. The molecule has 28 heavy (non-hydrogen) atoms. The Morgan fingerprint density at radius 1 is 0.679 bits per heavy atom. The predicted molar refractivity (Wildman–Crippen MR) is 90.8 cm³/mol. The van der Waals surface area contributed by atoms with Crippen LogP contribution in [0.3, 0.4) is 0 Å². The van der Waals surface area contributed by atoms with E-state index < -0.39 is 47.6 Å². The van der Waals surface area contributed by atoms with E-state index in [0.29, 0.717) is 22.3 Å². The Kier molecular flexibility index (Phi) is 4.68. The van der Waals surface area contributed by atoms with Crippen LogP contribution in [0, 0.1) is 24.7 Å². The number of hydrogen-bond donors (Lipinski definition) is 0. The second-order valence-electron chi connectivity index (χ2n) is 9.08. The van der Waals surface area contributed by atoms with Crippen LogP contribution in [-0.2, 0) is 9.47 Å². The molecular formula is C20H24F6O2. The third kappa shape index (κ3) is 3.12. The van der Waals surface area contributed by atoms with Gasteiger partial charge in [-0.2, -0.15) is 26.3 Å². The van der Waals surface area contributed by atoms with Gasteiger partial charge in [0.05, 0.1) is 12.2 Å². The lowest BCUT2D eigenvalue weighted by Crippen LogP contribution is -2.58. The van der Waals surface area contributed by atoms with Crippen LogP contribution in [0.15, 0.2) is 12.1 Å². The molecule has 4 atom stereocenters. The Balaban J connectivity index is 1.88. The number of rotatable bonds is 2. The highest BCUT2D eigenvalue weighted by molar-refractivity contribution is 5.42. The SMILES string of the molecule is Cc1cc(C2OC(C(F)(F)F)C2(C)C)c(C)cc1C1OC(C(F)(F)F)C1(C)C. The molecular weight excluding hydrogens is 386 g/mol. The fraction of sp³-hybridized carbons (Fsp3) is 0.700. The quantitative estimate of drug-likeness (QED) is 0.528. The molecule has 2 aliphatic rings. The van der Waals surface area contributed by atoms with Gasteiger partial charge < -0.3 is 9.47 Å². The molecule has 2 saturated heterocycles. The Labute approximate surface area is 160 Å². The Bertz CT molecular complexity index is 712. The van der Waals surface area contributed by atoms with Crippen LogP contribution < -0.4 is 0 Å². The molecule has 8 heteroatoms. The second-order valence-corrected chi connectivity index (χ2v) is 9.08. The van der Waals surface area contributed by atoms with E-state index >= 15 is 0 Å². The number of benzene rings is 1. The van der Waals surface area contributed by atoms with Crippen molar-refractivity contribution in [2.75, 3.05) is 0 Å². The molecule has 2 nitrogen and oxygen atoms in total. The topological polar surface area (TPSA) is 18.5 Å². The molecule has 2 aliphatic heterocycles. The van der Waals surface area contributed by atoms with E-state index in [9.17, 15) is 26.3 Å². The molecule has 0 radical (unpaired) electrons. The highest BCUT2D eigenvalue weighted by atomic mass is 19.4. The van der Waals surface area contributed by atoms with Crippen LogP contribution in [0.1, 0.15) is 62.2 Å². The zero-order valence-electron chi connectivity index (χ0n) is 16.5. The van der Waals surface area contributed by atoms with Gasteiger partial charge >= 0.3 is 12.4 Å². The second kappa shape index (κ2) is 6.11. The molecule has 0 amide bonds. The van der Waals surface area contributed by atoms with Gasteiger partial charge in [0.1, 0.15) is 0 Å². The van der Waals surface area contributed by atoms with E-state index in [1.165, 1.54) is 27.7 Å². The largest absolute Gasteiger partial charge is 0.415 e. The van der Waals surface area contributed by atoms with Gasteiger partial charge in [0, 0.05) is 10.8 Å². The van der Waals surface area contributed by atoms with Crippen LogP contribution in [-0.4, -0.2) is 24.6 Å². The summed E-state index contributed by atoms with van der Waals surface area (Å²) in [6.45, 7) is 9.49. The number of alkyl halides is 6. The molecule has 2 fully saturated rings. The van der Waals surface area contributed by atoms with Crippen molar-refractivity contribution in [2.24, 2.45) is 10.8 Å². The molecule has 0 bridgehead atoms. The molecule has 3 rings (SSSR count). The Morgan fingerprint density at radius 3 is 1.18 bits per heavy atom. The normalized spacial score (nSPS) is 31.9. The minimum Gasteiger partial charge on any atom is -0.359 e. The Morgan fingerprint density at radius 2 is 0.964 bits per heavy atom. The average Bonchev–Trinajstić information content (AvgIpc) is 2.47. The van der Waals surface area contributed by atoms with Crippen molar-refractivity contribution in [3.05, 3.63) is 34.4 Å². The summed E-state index contributed by atoms with van der Waals surface area (Å²) in [6, 6.07) is 3.42. The first-order chi connectivity index (χ1) is 12.5. The van der Waals surface area contributed by atoms with Crippen molar-refractivity contribution in [3.8, 4) is 0 Å². The van der Waals surface area contributed by atoms with Gasteiger partial charge in [-0.05, 0) is 36.1 Å². The lowest BCUT2D eigenvalue weighted by atomic mass is 9.68. The first-order valence-electron chi connectivity index (χ1n) is 9.04. The first kappa shape index (κ1) is 21.4. The van der Waals surface area contributed by atoms with Crippen LogP contribution >= 0.6 is 0 Å². The van der Waals surface area contributed by atoms with Crippen molar-refractivity contribution in [2.45, 2.75) is 78.3 Å². The van der Waals surface area contributed by atoms with Gasteiger partial charge in [0.2, 0.25) is 0 Å². The molecule has 0 N–H and O–H groups in total. The minimum absolute atomic E-state index is 0.622. The molecule has 2 heterocycles. The van der Waals surface area contributed by atoms with E-state index in [4.69, 9.17) is 9.47 Å². The van der Waals surface area contributed by atoms with Crippen molar-refractivity contribution < 1.29 is 35.8 Å². The number of hydrogen-bond acceptors (Lipinski definition) is 2. The molecule has 0 aliphatic carbocycles. The molecule has 4 unspecified atom stereocenters. The molecule has 0 spiro atoms. The third-order valence-corrected chi connectivity index (χ3v) is 6.06. The maximum Gasteiger partial charge on any atom is 0.415 e. The highest BCUT2D eigenvalue weighted by Crippen LogP contribution is 2.59. The summed E-state index contributed by atoms with van der Waals surface area (Å²) in [4.78, 5) is 0. The fourth-order valence-electron chi connectivity index (χ4n) is 4.48. The van der Waals surface area contributed by atoms with Gasteiger partial charge in [-0.25, -0.2) is 0 Å². The lowest BCUT2D eigenvalue weighted by molar-refractivity contribution is -0.352.